The van der Waals surface area contributed by atoms with E-state index >= 15 is 0 Å². The number of esters is 1. The molecular weight excluding hydrogens is 178 g/mol. The van der Waals surface area contributed by atoms with Gasteiger partial charge >= 0.3 is 5.97 Å². The van der Waals surface area contributed by atoms with E-state index < -0.39 is 17.1 Å². The van der Waals surface area contributed by atoms with Crippen LogP contribution in [0.3, 0.4) is 0 Å². The topological polar surface area (TPSA) is 52.3 Å². The van der Waals surface area contributed by atoms with Gasteiger partial charge in [0, 0.05) is 5.92 Å². The SMILES string of the molecule is CC(C)(C)OC(=O)C#CC1(N)CCC1. The number of nitrogens with two attached hydrogens (primary N) is 1. The smallest absolute Gasteiger partial charge is 0.384 e. The third kappa shape index (κ3) is 3.39. The van der Waals surface area contributed by atoms with E-state index in [9.17, 15) is 4.79 Å². The third-order valence-electron chi connectivity index (χ3n) is 2.06. The lowest BCUT2D eigenvalue weighted by Gasteiger charge is -2.32. The molecule has 0 bridgehead atoms. The molecule has 2 N–H and O–H groups in total. The summed E-state index contributed by atoms with van der Waals surface area (Å²) in [5.41, 5.74) is 4.92. The highest BCUT2D eigenvalue weighted by atomic mass is 16.6. The maximum atomic E-state index is 11.2. The van der Waals surface area contributed by atoms with Crippen molar-refractivity contribution in [3.8, 4) is 11.8 Å². The summed E-state index contributed by atoms with van der Waals surface area (Å²) in [7, 11) is 0. The van der Waals surface area contributed by atoms with E-state index in [1.165, 1.54) is 0 Å². The van der Waals surface area contributed by atoms with E-state index in [1.54, 1.807) is 0 Å². The van der Waals surface area contributed by atoms with Crippen molar-refractivity contribution in [1.82, 2.24) is 0 Å². The summed E-state index contributed by atoms with van der Waals surface area (Å²) in [6.45, 7) is 5.44. The molecule has 1 rings (SSSR count). The Morgan fingerprint density at radius 3 is 2.36 bits per heavy atom. The molecule has 0 aromatic heterocycles. The zero-order chi connectivity index (χ0) is 10.8. The number of rotatable bonds is 0. The van der Waals surface area contributed by atoms with Crippen LogP contribution in [0, 0.1) is 11.8 Å². The highest BCUT2D eigenvalue weighted by Gasteiger charge is 2.30. The first-order valence-corrected chi connectivity index (χ1v) is 4.86. The van der Waals surface area contributed by atoms with Crippen LogP contribution in [0.15, 0.2) is 0 Å². The lowest BCUT2D eigenvalue weighted by Crippen LogP contribution is -2.45. The largest absolute Gasteiger partial charge is 0.450 e. The molecule has 1 aliphatic carbocycles. The van der Waals surface area contributed by atoms with Crippen LogP contribution in [0.5, 0.6) is 0 Å². The van der Waals surface area contributed by atoms with E-state index in [2.05, 4.69) is 11.8 Å². The fourth-order valence-electron chi connectivity index (χ4n) is 1.16. The van der Waals surface area contributed by atoms with Crippen LogP contribution < -0.4 is 5.73 Å². The minimum Gasteiger partial charge on any atom is -0.450 e. The molecule has 14 heavy (non-hydrogen) atoms. The molecular formula is C11H17NO2. The molecule has 3 heteroatoms. The van der Waals surface area contributed by atoms with Crippen molar-refractivity contribution in [2.24, 2.45) is 5.73 Å². The molecule has 0 radical (unpaired) electrons. The van der Waals surface area contributed by atoms with Gasteiger partial charge in [-0.3, -0.25) is 0 Å². The summed E-state index contributed by atoms with van der Waals surface area (Å²) in [5.74, 6) is 4.73. The number of carbonyl (C=O) groups is 1. The second-order valence-electron chi connectivity index (χ2n) is 4.76. The molecule has 0 unspecified atom stereocenters. The molecule has 1 saturated carbocycles. The maximum Gasteiger partial charge on any atom is 0.384 e. The Kier molecular flexibility index (Phi) is 2.86. The van der Waals surface area contributed by atoms with Crippen LogP contribution in [0.4, 0.5) is 0 Å². The van der Waals surface area contributed by atoms with Crippen molar-refractivity contribution < 1.29 is 9.53 Å². The summed E-state index contributed by atoms with van der Waals surface area (Å²) in [6.07, 6.45) is 2.85. The van der Waals surface area contributed by atoms with Crippen molar-refractivity contribution in [1.29, 1.82) is 0 Å². The minimum atomic E-state index is -0.491. The van der Waals surface area contributed by atoms with Gasteiger partial charge < -0.3 is 10.5 Å². The first kappa shape index (κ1) is 11.1. The van der Waals surface area contributed by atoms with Gasteiger partial charge in [0.2, 0.25) is 0 Å². The molecule has 0 aliphatic heterocycles. The Bertz CT molecular complexity index is 287. The van der Waals surface area contributed by atoms with Gasteiger partial charge in [-0.15, -0.1) is 0 Å². The fourth-order valence-corrected chi connectivity index (χ4v) is 1.16. The Balaban J connectivity index is 2.47. The van der Waals surface area contributed by atoms with Crippen molar-refractivity contribution in [3.05, 3.63) is 0 Å². The normalized spacial score (nSPS) is 18.9. The van der Waals surface area contributed by atoms with Gasteiger partial charge in [-0.25, -0.2) is 4.79 Å². The number of hydrogen-bond donors (Lipinski definition) is 1. The Morgan fingerprint density at radius 2 is 2.00 bits per heavy atom. The highest BCUT2D eigenvalue weighted by molar-refractivity contribution is 5.89. The predicted molar refractivity (Wildman–Crippen MR) is 54.4 cm³/mol. The summed E-state index contributed by atoms with van der Waals surface area (Å²) in [6, 6.07) is 0. The van der Waals surface area contributed by atoms with Crippen LogP contribution in [0.2, 0.25) is 0 Å². The zero-order valence-corrected chi connectivity index (χ0v) is 9.02. The second kappa shape index (κ2) is 3.62. The average Bonchev–Trinajstić information content (AvgIpc) is 1.94. The minimum absolute atomic E-state index is 0.434. The molecule has 0 heterocycles. The lowest BCUT2D eigenvalue weighted by molar-refractivity contribution is -0.147. The zero-order valence-electron chi connectivity index (χ0n) is 9.02. The molecule has 1 aliphatic rings. The van der Waals surface area contributed by atoms with E-state index in [0.717, 1.165) is 19.3 Å². The van der Waals surface area contributed by atoms with Gasteiger partial charge in [-0.2, -0.15) is 0 Å². The van der Waals surface area contributed by atoms with E-state index in [4.69, 9.17) is 10.5 Å². The second-order valence-corrected chi connectivity index (χ2v) is 4.76. The Morgan fingerprint density at radius 1 is 1.43 bits per heavy atom. The third-order valence-corrected chi connectivity index (χ3v) is 2.06. The standard InChI is InChI=1S/C11H17NO2/c1-10(2,3)14-9(13)5-8-11(12)6-4-7-11/h4,6-7,12H2,1-3H3. The molecule has 0 spiro atoms. The fraction of sp³-hybridized carbons (Fsp3) is 0.727. The quantitative estimate of drug-likeness (QED) is 0.359. The van der Waals surface area contributed by atoms with Crippen LogP contribution in [-0.4, -0.2) is 17.1 Å². The average molecular weight is 195 g/mol. The summed E-state index contributed by atoms with van der Waals surface area (Å²) >= 11 is 0. The Hall–Kier alpha value is -1.01. The molecule has 0 amide bonds. The lowest BCUT2D eigenvalue weighted by atomic mass is 9.78. The molecule has 3 nitrogen and oxygen atoms in total. The van der Waals surface area contributed by atoms with Crippen LogP contribution in [0.1, 0.15) is 40.0 Å². The van der Waals surface area contributed by atoms with Crippen LogP contribution >= 0.6 is 0 Å². The molecule has 0 aromatic carbocycles. The van der Waals surface area contributed by atoms with E-state index in [0.29, 0.717) is 0 Å². The summed E-state index contributed by atoms with van der Waals surface area (Å²) < 4.78 is 5.03. The van der Waals surface area contributed by atoms with E-state index in [-0.39, 0.29) is 0 Å². The van der Waals surface area contributed by atoms with Gasteiger partial charge in [0.25, 0.3) is 0 Å². The monoisotopic (exact) mass is 195 g/mol. The predicted octanol–water partition coefficient (Wildman–Crippen LogP) is 1.21. The van der Waals surface area contributed by atoms with Crippen molar-refractivity contribution in [2.75, 3.05) is 0 Å². The molecule has 1 fully saturated rings. The highest BCUT2D eigenvalue weighted by Crippen LogP contribution is 2.27. The summed E-state index contributed by atoms with van der Waals surface area (Å²) in [5, 5.41) is 0. The molecule has 0 aromatic rings. The van der Waals surface area contributed by atoms with Crippen LogP contribution in [-0.2, 0) is 9.53 Å². The van der Waals surface area contributed by atoms with Gasteiger partial charge in [0.1, 0.15) is 5.60 Å². The molecule has 78 valence electrons. The van der Waals surface area contributed by atoms with E-state index in [1.807, 2.05) is 20.8 Å². The van der Waals surface area contributed by atoms with Crippen molar-refractivity contribution >= 4 is 5.97 Å². The van der Waals surface area contributed by atoms with Crippen molar-refractivity contribution in [3.63, 3.8) is 0 Å². The van der Waals surface area contributed by atoms with Crippen molar-refractivity contribution in [2.45, 2.75) is 51.2 Å². The first-order chi connectivity index (χ1) is 6.31. The molecule has 0 saturated heterocycles. The Labute approximate surface area is 85.0 Å². The van der Waals surface area contributed by atoms with Gasteiger partial charge in [0.15, 0.2) is 0 Å². The number of hydrogen-bond acceptors (Lipinski definition) is 3. The van der Waals surface area contributed by atoms with Gasteiger partial charge in [-0.1, -0.05) is 5.92 Å². The first-order valence-electron chi connectivity index (χ1n) is 4.86. The number of ether oxygens (including phenoxy) is 1. The molecule has 0 atom stereocenters. The van der Waals surface area contributed by atoms with Gasteiger partial charge in [0.05, 0.1) is 5.54 Å². The summed E-state index contributed by atoms with van der Waals surface area (Å²) in [4.78, 5) is 11.2. The number of carbonyl (C=O) groups excluding carboxylic acids is 1. The maximum absolute atomic E-state index is 11.2. The van der Waals surface area contributed by atoms with Gasteiger partial charge in [-0.05, 0) is 40.0 Å². The van der Waals surface area contributed by atoms with Crippen LogP contribution in [0.25, 0.3) is 0 Å².